The summed E-state index contributed by atoms with van der Waals surface area (Å²) in [6, 6.07) is 40.8. The largest absolute Gasteiger partial charge is 0.496 e. The number of ether oxygens (including phenoxy) is 2. The van der Waals surface area contributed by atoms with Gasteiger partial charge < -0.3 is 20.5 Å². The maximum Gasteiger partial charge on any atom is 0.270 e. The second-order valence-electron chi connectivity index (χ2n) is 12.3. The molecule has 0 heterocycles. The zero-order valence-electron chi connectivity index (χ0n) is 29.9. The molecule has 0 aliphatic rings. The number of nitrogens with two attached hydrogens (primary N) is 1. The molecule has 0 saturated carbocycles. The van der Waals surface area contributed by atoms with Crippen LogP contribution in [-0.2, 0) is 30.7 Å². The predicted molar refractivity (Wildman–Crippen MR) is 216 cm³/mol. The first kappa shape index (κ1) is 40.9. The molecular formula is C44H44N4O7. The van der Waals surface area contributed by atoms with Crippen molar-refractivity contribution in [1.29, 1.82) is 0 Å². The van der Waals surface area contributed by atoms with Crippen LogP contribution in [0.15, 0.2) is 133 Å². The summed E-state index contributed by atoms with van der Waals surface area (Å²) in [4.78, 5) is 32.0. The van der Waals surface area contributed by atoms with Gasteiger partial charge in [0.15, 0.2) is 0 Å². The molecule has 0 aliphatic carbocycles. The minimum absolute atomic E-state index is 0. The van der Waals surface area contributed by atoms with Crippen molar-refractivity contribution >= 4 is 17.8 Å². The predicted octanol–water partition coefficient (Wildman–Crippen LogP) is 9.06. The van der Waals surface area contributed by atoms with Crippen molar-refractivity contribution in [3.63, 3.8) is 0 Å². The van der Waals surface area contributed by atoms with Crippen LogP contribution >= 0.6 is 0 Å². The first-order valence-electron chi connectivity index (χ1n) is 17.1. The summed E-state index contributed by atoms with van der Waals surface area (Å²) in [5.41, 5.74) is 15.6. The number of nitro benzene ring substituents is 2. The van der Waals surface area contributed by atoms with Crippen molar-refractivity contribution in [1.82, 2.24) is 5.32 Å². The van der Waals surface area contributed by atoms with E-state index in [0.717, 1.165) is 56.5 Å². The molecule has 3 N–H and O–H groups in total. The van der Waals surface area contributed by atoms with Gasteiger partial charge in [0.05, 0.1) is 24.1 Å². The van der Waals surface area contributed by atoms with Crippen molar-refractivity contribution in [3.8, 4) is 33.8 Å². The Kier molecular flexibility index (Phi) is 14.8. The number of hydrogen-bond acceptors (Lipinski definition) is 8. The van der Waals surface area contributed by atoms with Crippen LogP contribution in [0.3, 0.4) is 0 Å². The molecule has 0 spiro atoms. The Hall–Kier alpha value is -6.85. The standard InChI is InChI=1S/C22H20N2O4.C21H20N2O3.CH4/c1-28-22-10-9-16(11-17-5-2-3-6-19(17)14-23-15-25)12-21(22)18-7-4-8-20(13-18)24(26)27;1-26-21-10-9-15(11-16-5-2-3-6-18(16)14-22)12-20(21)17-7-4-8-19(13-17)23(24)25;/h2-10,12-13,15H,11,14H2,1H3,(H,23,25);2-10,12-13H,11,14,22H2,1H3;1H4. The zero-order chi connectivity index (χ0) is 38.5. The Morgan fingerprint density at radius 2 is 1.04 bits per heavy atom. The Labute approximate surface area is 320 Å². The topological polar surface area (TPSA) is 160 Å². The van der Waals surface area contributed by atoms with Gasteiger partial charge in [0, 0.05) is 48.5 Å². The highest BCUT2D eigenvalue weighted by Crippen LogP contribution is 2.35. The van der Waals surface area contributed by atoms with E-state index in [1.54, 1.807) is 38.5 Å². The third kappa shape index (κ3) is 10.6. The molecule has 55 heavy (non-hydrogen) atoms. The van der Waals surface area contributed by atoms with E-state index in [0.29, 0.717) is 37.4 Å². The van der Waals surface area contributed by atoms with Gasteiger partial charge in [0.25, 0.3) is 11.4 Å². The zero-order valence-corrected chi connectivity index (χ0v) is 29.9. The van der Waals surface area contributed by atoms with Crippen LogP contribution in [0.2, 0.25) is 0 Å². The van der Waals surface area contributed by atoms with Gasteiger partial charge in [0.1, 0.15) is 11.5 Å². The number of carbonyl (C=O) groups is 1. The van der Waals surface area contributed by atoms with Gasteiger partial charge >= 0.3 is 0 Å². The molecular weight excluding hydrogens is 697 g/mol. The summed E-state index contributed by atoms with van der Waals surface area (Å²) in [6.07, 6.45) is 2.09. The quantitative estimate of drug-likeness (QED) is 0.0636. The van der Waals surface area contributed by atoms with E-state index in [1.807, 2.05) is 91.0 Å². The molecule has 6 aromatic rings. The van der Waals surface area contributed by atoms with E-state index < -0.39 is 9.85 Å². The van der Waals surface area contributed by atoms with Crippen LogP contribution < -0.4 is 20.5 Å². The first-order chi connectivity index (χ1) is 26.2. The van der Waals surface area contributed by atoms with E-state index in [2.05, 4.69) is 11.4 Å². The normalized spacial score (nSPS) is 10.2. The summed E-state index contributed by atoms with van der Waals surface area (Å²) >= 11 is 0. The number of benzene rings is 6. The molecule has 0 fully saturated rings. The molecule has 0 unspecified atom stereocenters. The van der Waals surface area contributed by atoms with E-state index in [1.165, 1.54) is 17.7 Å². The Morgan fingerprint density at radius 1 is 0.600 bits per heavy atom. The molecule has 0 radical (unpaired) electrons. The van der Waals surface area contributed by atoms with E-state index >= 15 is 0 Å². The van der Waals surface area contributed by atoms with Crippen LogP contribution in [-0.4, -0.2) is 30.5 Å². The smallest absolute Gasteiger partial charge is 0.270 e. The molecule has 11 nitrogen and oxygen atoms in total. The van der Waals surface area contributed by atoms with Crippen molar-refractivity contribution in [3.05, 3.63) is 187 Å². The summed E-state index contributed by atoms with van der Waals surface area (Å²) in [5, 5.41) is 24.9. The van der Waals surface area contributed by atoms with Crippen LogP contribution in [0.1, 0.15) is 40.8 Å². The SMILES string of the molecule is C.COc1ccc(Cc2ccccc2CN)cc1-c1cccc([N+](=O)[O-])c1.COc1ccc(Cc2ccccc2CNC=O)cc1-c1cccc([N+](=O)[O-])c1. The molecule has 282 valence electrons. The highest BCUT2D eigenvalue weighted by molar-refractivity contribution is 5.74. The maximum absolute atomic E-state index is 11.1. The Bertz CT molecular complexity index is 2260. The molecule has 0 atom stereocenters. The third-order valence-corrected chi connectivity index (χ3v) is 8.89. The minimum Gasteiger partial charge on any atom is -0.496 e. The van der Waals surface area contributed by atoms with Gasteiger partial charge in [-0.2, -0.15) is 0 Å². The lowest BCUT2D eigenvalue weighted by molar-refractivity contribution is -0.385. The second-order valence-corrected chi connectivity index (χ2v) is 12.3. The lowest BCUT2D eigenvalue weighted by atomic mass is 9.96. The number of amides is 1. The Balaban J connectivity index is 0.000000241. The fourth-order valence-corrected chi connectivity index (χ4v) is 6.18. The second kappa shape index (κ2) is 19.8. The summed E-state index contributed by atoms with van der Waals surface area (Å²) in [6.45, 7) is 0.956. The number of nitrogens with one attached hydrogen (secondary N) is 1. The molecule has 6 aromatic carbocycles. The Morgan fingerprint density at radius 3 is 1.45 bits per heavy atom. The minimum atomic E-state index is -0.407. The molecule has 0 saturated heterocycles. The van der Waals surface area contributed by atoms with Gasteiger partial charge in [-0.25, -0.2) is 0 Å². The van der Waals surface area contributed by atoms with Crippen LogP contribution in [0.4, 0.5) is 11.4 Å². The highest BCUT2D eigenvalue weighted by atomic mass is 16.6. The number of methoxy groups -OCH3 is 2. The fourth-order valence-electron chi connectivity index (χ4n) is 6.18. The van der Waals surface area contributed by atoms with Gasteiger partial charge in [0.2, 0.25) is 6.41 Å². The first-order valence-corrected chi connectivity index (χ1v) is 17.1. The number of hydrogen-bond donors (Lipinski definition) is 2. The lowest BCUT2D eigenvalue weighted by Crippen LogP contribution is -2.11. The van der Waals surface area contributed by atoms with E-state index in [9.17, 15) is 25.0 Å². The van der Waals surface area contributed by atoms with E-state index in [4.69, 9.17) is 15.2 Å². The number of nitrogens with zero attached hydrogens (tertiary/aromatic N) is 2. The number of nitro groups is 2. The average Bonchev–Trinajstić information content (AvgIpc) is 3.21. The van der Waals surface area contributed by atoms with Crippen LogP contribution in [0.25, 0.3) is 22.3 Å². The molecule has 1 amide bonds. The van der Waals surface area contributed by atoms with Crippen molar-refractivity contribution < 1.29 is 24.1 Å². The molecule has 6 rings (SSSR count). The molecule has 11 heteroatoms. The van der Waals surface area contributed by atoms with Crippen LogP contribution in [0, 0.1) is 20.2 Å². The lowest BCUT2D eigenvalue weighted by Gasteiger charge is -2.13. The number of rotatable bonds is 14. The van der Waals surface area contributed by atoms with Crippen LogP contribution in [0.5, 0.6) is 11.5 Å². The van der Waals surface area contributed by atoms with Gasteiger partial charge in [-0.1, -0.05) is 92.4 Å². The van der Waals surface area contributed by atoms with Crippen molar-refractivity contribution in [2.24, 2.45) is 5.73 Å². The summed E-state index contributed by atoms with van der Waals surface area (Å²) in [7, 11) is 3.18. The number of non-ortho nitro benzene ring substituents is 2. The number of carbonyl (C=O) groups excluding carboxylic acids is 1. The van der Waals surface area contributed by atoms with Crippen molar-refractivity contribution in [2.45, 2.75) is 33.4 Å². The summed E-state index contributed by atoms with van der Waals surface area (Å²) in [5.74, 6) is 1.33. The third-order valence-electron chi connectivity index (χ3n) is 8.89. The van der Waals surface area contributed by atoms with E-state index in [-0.39, 0.29) is 18.8 Å². The molecule has 0 aliphatic heterocycles. The average molecular weight is 741 g/mol. The van der Waals surface area contributed by atoms with Gasteiger partial charge in [-0.15, -0.1) is 0 Å². The summed E-state index contributed by atoms with van der Waals surface area (Å²) < 4.78 is 10.9. The maximum atomic E-state index is 11.1. The monoisotopic (exact) mass is 740 g/mol. The van der Waals surface area contributed by atoms with Crippen molar-refractivity contribution in [2.75, 3.05) is 14.2 Å². The molecule has 0 aromatic heterocycles. The highest BCUT2D eigenvalue weighted by Gasteiger charge is 2.14. The van der Waals surface area contributed by atoms with Gasteiger partial charge in [-0.05, 0) is 81.6 Å². The molecule has 0 bridgehead atoms. The fraction of sp³-hybridized carbons (Fsp3) is 0.159. The van der Waals surface area contributed by atoms with Gasteiger partial charge in [-0.3, -0.25) is 25.0 Å².